The first-order valence-electron chi connectivity index (χ1n) is 6.13. The predicted molar refractivity (Wildman–Crippen MR) is 72.1 cm³/mol. The molecule has 1 N–H and O–H groups in total. The summed E-state index contributed by atoms with van der Waals surface area (Å²) >= 11 is 5.67. The first kappa shape index (κ1) is 15.2. The number of aromatic nitrogens is 1. The average Bonchev–Trinajstić information content (AvgIpc) is 2.35. The van der Waals surface area contributed by atoms with Gasteiger partial charge in [0.15, 0.2) is 0 Å². The molecule has 1 aromatic heterocycles. The standard InChI is InChI=1S/C12H12ClN3O5/c1-6(12(18)19)7-4-15(5-7)11(17)8-2-10(13)14-3-9(8)16(20)21/h2-3,6-7H,4-5H2,1H3,(H,18,19). The number of nitrogens with zero attached hydrogens (tertiary/aromatic N) is 3. The van der Waals surface area contributed by atoms with Crippen molar-refractivity contribution in [1.82, 2.24) is 9.88 Å². The van der Waals surface area contributed by atoms with Gasteiger partial charge in [0.05, 0.1) is 10.8 Å². The zero-order chi connectivity index (χ0) is 15.7. The Morgan fingerprint density at radius 1 is 1.57 bits per heavy atom. The molecule has 2 rings (SSSR count). The molecular formula is C12H12ClN3O5. The van der Waals surface area contributed by atoms with E-state index in [0.717, 1.165) is 12.3 Å². The van der Waals surface area contributed by atoms with Crippen LogP contribution in [0.25, 0.3) is 0 Å². The van der Waals surface area contributed by atoms with Gasteiger partial charge in [0, 0.05) is 19.0 Å². The van der Waals surface area contributed by atoms with Gasteiger partial charge in [-0.2, -0.15) is 0 Å². The second-order valence-corrected chi connectivity index (χ2v) is 5.27. The van der Waals surface area contributed by atoms with Gasteiger partial charge in [0.25, 0.3) is 11.6 Å². The molecule has 0 bridgehead atoms. The molecule has 1 atom stereocenters. The molecule has 9 heteroatoms. The maximum absolute atomic E-state index is 12.2. The second kappa shape index (κ2) is 5.65. The van der Waals surface area contributed by atoms with E-state index >= 15 is 0 Å². The normalized spacial score (nSPS) is 16.2. The van der Waals surface area contributed by atoms with Crippen LogP contribution >= 0.6 is 11.6 Å². The maximum atomic E-state index is 12.2. The minimum atomic E-state index is -0.926. The number of carbonyl (C=O) groups is 2. The second-order valence-electron chi connectivity index (χ2n) is 4.88. The quantitative estimate of drug-likeness (QED) is 0.511. The molecule has 1 unspecified atom stereocenters. The van der Waals surface area contributed by atoms with Gasteiger partial charge in [-0.05, 0) is 6.07 Å². The van der Waals surface area contributed by atoms with Crippen LogP contribution in [-0.2, 0) is 4.79 Å². The van der Waals surface area contributed by atoms with Crippen molar-refractivity contribution >= 4 is 29.2 Å². The van der Waals surface area contributed by atoms with Crippen LogP contribution in [0.15, 0.2) is 12.3 Å². The predicted octanol–water partition coefficient (Wildman–Crippen LogP) is 1.44. The Morgan fingerprint density at radius 2 is 2.19 bits per heavy atom. The summed E-state index contributed by atoms with van der Waals surface area (Å²) in [7, 11) is 0. The van der Waals surface area contributed by atoms with Gasteiger partial charge >= 0.3 is 5.97 Å². The Hall–Kier alpha value is -2.22. The van der Waals surface area contributed by atoms with Crippen molar-refractivity contribution in [3.05, 3.63) is 33.1 Å². The van der Waals surface area contributed by atoms with Crippen LogP contribution < -0.4 is 0 Å². The van der Waals surface area contributed by atoms with Crippen molar-refractivity contribution in [3.8, 4) is 0 Å². The minimum absolute atomic E-state index is 0.0140. The zero-order valence-electron chi connectivity index (χ0n) is 11.0. The fourth-order valence-electron chi connectivity index (χ4n) is 2.11. The number of carbonyl (C=O) groups excluding carboxylic acids is 1. The van der Waals surface area contributed by atoms with Crippen molar-refractivity contribution in [1.29, 1.82) is 0 Å². The fraction of sp³-hybridized carbons (Fsp3) is 0.417. The Balaban J connectivity index is 2.14. The van der Waals surface area contributed by atoms with Crippen molar-refractivity contribution < 1.29 is 19.6 Å². The fourth-order valence-corrected chi connectivity index (χ4v) is 2.26. The topological polar surface area (TPSA) is 114 Å². The largest absolute Gasteiger partial charge is 0.481 e. The van der Waals surface area contributed by atoms with Crippen molar-refractivity contribution in [2.24, 2.45) is 11.8 Å². The molecule has 8 nitrogen and oxygen atoms in total. The van der Waals surface area contributed by atoms with E-state index in [-0.39, 0.29) is 29.7 Å². The number of hydrogen-bond acceptors (Lipinski definition) is 5. The summed E-state index contributed by atoms with van der Waals surface area (Å²) in [5, 5.41) is 19.8. The maximum Gasteiger partial charge on any atom is 0.306 e. The highest BCUT2D eigenvalue weighted by Gasteiger charge is 2.39. The summed E-state index contributed by atoms with van der Waals surface area (Å²) in [6.07, 6.45) is 0.937. The number of carboxylic acids is 1. The molecule has 1 aliphatic rings. The van der Waals surface area contributed by atoms with Crippen LogP contribution in [0.5, 0.6) is 0 Å². The Bertz CT molecular complexity index is 615. The lowest BCUT2D eigenvalue weighted by Gasteiger charge is -2.41. The first-order valence-corrected chi connectivity index (χ1v) is 6.51. The summed E-state index contributed by atoms with van der Waals surface area (Å²) in [6, 6.07) is 1.15. The van der Waals surface area contributed by atoms with Crippen LogP contribution in [0.2, 0.25) is 5.15 Å². The van der Waals surface area contributed by atoms with Crippen molar-refractivity contribution in [3.63, 3.8) is 0 Å². The van der Waals surface area contributed by atoms with E-state index in [9.17, 15) is 19.7 Å². The van der Waals surface area contributed by atoms with Gasteiger partial charge in [0.1, 0.15) is 16.9 Å². The van der Waals surface area contributed by atoms with Crippen LogP contribution in [-0.4, -0.2) is 44.9 Å². The Labute approximate surface area is 124 Å². The number of pyridine rings is 1. The summed E-state index contributed by atoms with van der Waals surface area (Å²) in [5.41, 5.74) is -0.555. The number of carboxylic acid groups (broad SMARTS) is 1. The number of halogens is 1. The third-order valence-corrected chi connectivity index (χ3v) is 3.78. The molecule has 21 heavy (non-hydrogen) atoms. The van der Waals surface area contributed by atoms with E-state index in [1.54, 1.807) is 6.92 Å². The lowest BCUT2D eigenvalue weighted by molar-refractivity contribution is -0.385. The van der Waals surface area contributed by atoms with E-state index < -0.39 is 28.4 Å². The van der Waals surface area contributed by atoms with Gasteiger partial charge < -0.3 is 10.0 Å². The highest BCUT2D eigenvalue weighted by molar-refractivity contribution is 6.29. The number of rotatable bonds is 4. The van der Waals surface area contributed by atoms with E-state index in [1.807, 2.05) is 0 Å². The third kappa shape index (κ3) is 2.94. The number of amides is 1. The lowest BCUT2D eigenvalue weighted by atomic mass is 9.86. The van der Waals surface area contributed by atoms with E-state index in [0.29, 0.717) is 0 Å². The molecule has 0 aliphatic carbocycles. The summed E-state index contributed by atoms with van der Waals surface area (Å²) in [6.45, 7) is 2.08. The highest BCUT2D eigenvalue weighted by Crippen LogP contribution is 2.29. The molecule has 0 spiro atoms. The van der Waals surface area contributed by atoms with Crippen LogP contribution in [0.4, 0.5) is 5.69 Å². The molecule has 112 valence electrons. The monoisotopic (exact) mass is 313 g/mol. The minimum Gasteiger partial charge on any atom is -0.481 e. The Morgan fingerprint density at radius 3 is 2.71 bits per heavy atom. The summed E-state index contributed by atoms with van der Waals surface area (Å²) in [5.74, 6) is -2.18. The zero-order valence-corrected chi connectivity index (χ0v) is 11.8. The number of aliphatic carboxylic acids is 1. The van der Waals surface area contributed by atoms with Crippen LogP contribution in [0.1, 0.15) is 17.3 Å². The molecule has 1 aromatic rings. The molecule has 0 saturated carbocycles. The molecule has 0 aromatic carbocycles. The van der Waals surface area contributed by atoms with Gasteiger partial charge in [-0.3, -0.25) is 19.7 Å². The SMILES string of the molecule is CC(C(=O)O)C1CN(C(=O)c2cc(Cl)ncc2[N+](=O)[O-])C1. The highest BCUT2D eigenvalue weighted by atomic mass is 35.5. The molecule has 1 saturated heterocycles. The molecule has 0 radical (unpaired) electrons. The van der Waals surface area contributed by atoms with Crippen LogP contribution in [0, 0.1) is 22.0 Å². The van der Waals surface area contributed by atoms with Gasteiger partial charge in [-0.1, -0.05) is 18.5 Å². The molecule has 1 amide bonds. The van der Waals surface area contributed by atoms with Crippen molar-refractivity contribution in [2.75, 3.05) is 13.1 Å². The lowest BCUT2D eigenvalue weighted by Crippen LogP contribution is -2.53. The smallest absolute Gasteiger partial charge is 0.306 e. The van der Waals surface area contributed by atoms with E-state index in [4.69, 9.17) is 16.7 Å². The molecule has 1 aliphatic heterocycles. The number of nitro groups is 1. The van der Waals surface area contributed by atoms with Gasteiger partial charge in [0.2, 0.25) is 0 Å². The van der Waals surface area contributed by atoms with Crippen molar-refractivity contribution in [2.45, 2.75) is 6.92 Å². The van der Waals surface area contributed by atoms with Gasteiger partial charge in [-0.15, -0.1) is 0 Å². The number of hydrogen-bond donors (Lipinski definition) is 1. The third-order valence-electron chi connectivity index (χ3n) is 3.57. The number of likely N-dealkylation sites (tertiary alicyclic amines) is 1. The Kier molecular flexibility index (Phi) is 4.08. The summed E-state index contributed by atoms with van der Waals surface area (Å²) < 4.78 is 0. The average molecular weight is 314 g/mol. The van der Waals surface area contributed by atoms with Crippen LogP contribution in [0.3, 0.4) is 0 Å². The molecule has 2 heterocycles. The van der Waals surface area contributed by atoms with E-state index in [2.05, 4.69) is 4.98 Å². The first-order chi connectivity index (χ1) is 9.81. The van der Waals surface area contributed by atoms with E-state index in [1.165, 1.54) is 4.90 Å². The summed E-state index contributed by atoms with van der Waals surface area (Å²) in [4.78, 5) is 38.2. The molecular weight excluding hydrogens is 302 g/mol. The van der Waals surface area contributed by atoms with Gasteiger partial charge in [-0.25, -0.2) is 4.98 Å². The molecule has 1 fully saturated rings.